The van der Waals surface area contributed by atoms with Gasteiger partial charge in [0, 0.05) is 12.6 Å². The minimum absolute atomic E-state index is 0.00283. The van der Waals surface area contributed by atoms with Crippen molar-refractivity contribution in [2.24, 2.45) is 0 Å². The molecule has 1 atom stereocenters. The normalized spacial score (nSPS) is 11.6. The summed E-state index contributed by atoms with van der Waals surface area (Å²) in [5.74, 6) is 0.0880. The first-order valence-electron chi connectivity index (χ1n) is 7.79. The minimum Gasteiger partial charge on any atom is -0.490 e. The van der Waals surface area contributed by atoms with Gasteiger partial charge in [-0.1, -0.05) is 30.3 Å². The number of benzene rings is 2. The van der Waals surface area contributed by atoms with Crippen LogP contribution in [0.2, 0.25) is 0 Å². The van der Waals surface area contributed by atoms with Gasteiger partial charge in [0.2, 0.25) is 0 Å². The smallest absolute Gasteiger partial charge is 0.282 e. The highest BCUT2D eigenvalue weighted by atomic mass is 16.6. The molecule has 2 N–H and O–H groups in total. The number of nitro groups is 1. The molecule has 0 aromatic heterocycles. The Morgan fingerprint density at radius 3 is 2.48 bits per heavy atom. The van der Waals surface area contributed by atoms with Gasteiger partial charge in [0.05, 0.1) is 4.92 Å². The summed E-state index contributed by atoms with van der Waals surface area (Å²) in [5, 5.41) is 23.4. The molecule has 2 aromatic carbocycles. The third-order valence-electron chi connectivity index (χ3n) is 3.67. The number of nitrogens with zero attached hydrogens (tertiary/aromatic N) is 1. The van der Waals surface area contributed by atoms with E-state index in [0.29, 0.717) is 5.75 Å². The van der Waals surface area contributed by atoms with E-state index < -0.39 is 16.9 Å². The molecule has 25 heavy (non-hydrogen) atoms. The van der Waals surface area contributed by atoms with E-state index >= 15 is 0 Å². The second kappa shape index (κ2) is 8.25. The fraction of sp³-hybridized carbons (Fsp3) is 0.278. The molecule has 132 valence electrons. The first kappa shape index (κ1) is 18.4. The van der Waals surface area contributed by atoms with E-state index in [1.807, 2.05) is 32.0 Å². The standard InChI is InChI=1S/C18H20N2O5/c1-12-6-5-7-13(2)17(12)25-11-14(21)10-19-18(22)15-8-3-4-9-16(15)20(23)24/h3-9,14,21H,10-11H2,1-2H3,(H,19,22). The summed E-state index contributed by atoms with van der Waals surface area (Å²) in [6.45, 7) is 3.74. The first-order valence-corrected chi connectivity index (χ1v) is 7.79. The molecule has 0 aliphatic rings. The fourth-order valence-corrected chi connectivity index (χ4v) is 2.40. The Labute approximate surface area is 145 Å². The zero-order valence-electron chi connectivity index (χ0n) is 14.1. The summed E-state index contributed by atoms with van der Waals surface area (Å²) in [4.78, 5) is 22.4. The molecule has 0 spiro atoms. The van der Waals surface area contributed by atoms with Gasteiger partial charge in [-0.15, -0.1) is 0 Å². The predicted octanol–water partition coefficient (Wildman–Crippen LogP) is 2.38. The van der Waals surface area contributed by atoms with E-state index in [9.17, 15) is 20.0 Å². The maximum absolute atomic E-state index is 12.1. The summed E-state index contributed by atoms with van der Waals surface area (Å²) >= 11 is 0. The Kier molecular flexibility index (Phi) is 6.08. The van der Waals surface area contributed by atoms with Crippen molar-refractivity contribution in [3.8, 4) is 5.75 Å². The lowest BCUT2D eigenvalue weighted by Gasteiger charge is -2.16. The van der Waals surface area contributed by atoms with Crippen molar-refractivity contribution in [2.45, 2.75) is 20.0 Å². The molecule has 0 aliphatic heterocycles. The van der Waals surface area contributed by atoms with Gasteiger partial charge in [-0.3, -0.25) is 14.9 Å². The molecule has 7 nitrogen and oxygen atoms in total. The van der Waals surface area contributed by atoms with Crippen LogP contribution in [0.5, 0.6) is 5.75 Å². The number of para-hydroxylation sites is 2. The third-order valence-corrected chi connectivity index (χ3v) is 3.67. The number of hydrogen-bond acceptors (Lipinski definition) is 5. The van der Waals surface area contributed by atoms with E-state index in [1.54, 1.807) is 6.07 Å². The predicted molar refractivity (Wildman–Crippen MR) is 92.8 cm³/mol. The van der Waals surface area contributed by atoms with Gasteiger partial charge in [0.25, 0.3) is 11.6 Å². The molecule has 0 aliphatic carbocycles. The Hall–Kier alpha value is -2.93. The van der Waals surface area contributed by atoms with Crippen LogP contribution in [0, 0.1) is 24.0 Å². The van der Waals surface area contributed by atoms with Crippen LogP contribution in [0.15, 0.2) is 42.5 Å². The maximum Gasteiger partial charge on any atom is 0.282 e. The number of carbonyl (C=O) groups excluding carboxylic acids is 1. The molecule has 0 saturated carbocycles. The number of nitro benzene ring substituents is 1. The van der Waals surface area contributed by atoms with Crippen molar-refractivity contribution in [1.82, 2.24) is 5.32 Å². The van der Waals surface area contributed by atoms with Gasteiger partial charge in [0.15, 0.2) is 0 Å². The highest BCUT2D eigenvalue weighted by Gasteiger charge is 2.19. The Morgan fingerprint density at radius 1 is 1.20 bits per heavy atom. The molecule has 2 aromatic rings. The van der Waals surface area contributed by atoms with Gasteiger partial charge in [0.1, 0.15) is 24.0 Å². The second-order valence-electron chi connectivity index (χ2n) is 5.67. The summed E-state index contributed by atoms with van der Waals surface area (Å²) in [5.41, 5.74) is 1.59. The van der Waals surface area contributed by atoms with Crippen molar-refractivity contribution in [3.05, 3.63) is 69.3 Å². The molecule has 2 rings (SSSR count). The third kappa shape index (κ3) is 4.77. The quantitative estimate of drug-likeness (QED) is 0.593. The van der Waals surface area contributed by atoms with Crippen molar-refractivity contribution in [3.63, 3.8) is 0 Å². The van der Waals surface area contributed by atoms with E-state index in [-0.39, 0.29) is 24.4 Å². The van der Waals surface area contributed by atoms with E-state index in [2.05, 4.69) is 5.32 Å². The minimum atomic E-state index is -0.939. The number of ether oxygens (including phenoxy) is 1. The van der Waals surface area contributed by atoms with Crippen LogP contribution in [-0.2, 0) is 0 Å². The van der Waals surface area contributed by atoms with E-state index in [0.717, 1.165) is 11.1 Å². The Balaban J connectivity index is 1.91. The van der Waals surface area contributed by atoms with E-state index in [4.69, 9.17) is 4.74 Å². The molecule has 0 radical (unpaired) electrons. The average molecular weight is 344 g/mol. The molecule has 0 fully saturated rings. The lowest BCUT2D eigenvalue weighted by molar-refractivity contribution is -0.385. The SMILES string of the molecule is Cc1cccc(C)c1OCC(O)CNC(=O)c1ccccc1[N+](=O)[O-]. The van der Waals surface area contributed by atoms with Gasteiger partial charge >= 0.3 is 0 Å². The molecular formula is C18H20N2O5. The molecule has 0 bridgehead atoms. The summed E-state index contributed by atoms with van der Waals surface area (Å²) in [6.07, 6.45) is -0.939. The summed E-state index contributed by atoms with van der Waals surface area (Å²) < 4.78 is 5.62. The highest BCUT2D eigenvalue weighted by Crippen LogP contribution is 2.22. The monoisotopic (exact) mass is 344 g/mol. The number of aliphatic hydroxyl groups is 1. The molecule has 0 heterocycles. The molecule has 0 saturated heterocycles. The van der Waals surface area contributed by atoms with Crippen molar-refractivity contribution in [1.29, 1.82) is 0 Å². The topological polar surface area (TPSA) is 102 Å². The van der Waals surface area contributed by atoms with Crippen molar-refractivity contribution >= 4 is 11.6 Å². The first-order chi connectivity index (χ1) is 11.9. The van der Waals surface area contributed by atoms with E-state index in [1.165, 1.54) is 18.2 Å². The number of aliphatic hydroxyl groups excluding tert-OH is 1. The van der Waals surface area contributed by atoms with Crippen LogP contribution in [0.3, 0.4) is 0 Å². The molecule has 7 heteroatoms. The van der Waals surface area contributed by atoms with Crippen LogP contribution < -0.4 is 10.1 Å². The van der Waals surface area contributed by atoms with Crippen LogP contribution in [-0.4, -0.2) is 35.2 Å². The van der Waals surface area contributed by atoms with Gasteiger partial charge in [-0.25, -0.2) is 0 Å². The Bertz CT molecular complexity index is 756. The summed E-state index contributed by atoms with van der Waals surface area (Å²) in [6, 6.07) is 11.4. The molecule has 1 amide bonds. The van der Waals surface area contributed by atoms with Gasteiger partial charge in [-0.05, 0) is 31.0 Å². The maximum atomic E-state index is 12.1. The number of nitrogens with one attached hydrogen (secondary N) is 1. The highest BCUT2D eigenvalue weighted by molar-refractivity contribution is 5.98. The largest absolute Gasteiger partial charge is 0.490 e. The van der Waals surface area contributed by atoms with Crippen LogP contribution in [0.4, 0.5) is 5.69 Å². The average Bonchev–Trinajstić information content (AvgIpc) is 2.59. The lowest BCUT2D eigenvalue weighted by atomic mass is 10.1. The Morgan fingerprint density at radius 2 is 1.84 bits per heavy atom. The second-order valence-corrected chi connectivity index (χ2v) is 5.67. The van der Waals surface area contributed by atoms with Crippen molar-refractivity contribution in [2.75, 3.05) is 13.2 Å². The van der Waals surface area contributed by atoms with Crippen LogP contribution in [0.25, 0.3) is 0 Å². The number of rotatable bonds is 7. The van der Waals surface area contributed by atoms with Crippen LogP contribution in [0.1, 0.15) is 21.5 Å². The zero-order chi connectivity index (χ0) is 18.4. The van der Waals surface area contributed by atoms with Crippen LogP contribution >= 0.6 is 0 Å². The van der Waals surface area contributed by atoms with Gasteiger partial charge < -0.3 is 15.2 Å². The lowest BCUT2D eigenvalue weighted by Crippen LogP contribution is -2.35. The van der Waals surface area contributed by atoms with Gasteiger partial charge in [-0.2, -0.15) is 0 Å². The number of aryl methyl sites for hydroxylation is 2. The summed E-state index contributed by atoms with van der Waals surface area (Å²) in [7, 11) is 0. The number of amides is 1. The number of carbonyl (C=O) groups is 1. The zero-order valence-corrected chi connectivity index (χ0v) is 14.1. The fourth-order valence-electron chi connectivity index (χ4n) is 2.40. The number of hydrogen-bond donors (Lipinski definition) is 2. The molecular weight excluding hydrogens is 324 g/mol. The molecule has 1 unspecified atom stereocenters. The van der Waals surface area contributed by atoms with Crippen molar-refractivity contribution < 1.29 is 19.6 Å².